The average Bonchev–Trinajstić information content (AvgIpc) is 3.30. The van der Waals surface area contributed by atoms with Crippen molar-refractivity contribution in [2.24, 2.45) is 7.05 Å². The molecule has 4 aromatic rings. The minimum atomic E-state index is -0.256. The van der Waals surface area contributed by atoms with E-state index < -0.39 is 0 Å². The Morgan fingerprint density at radius 3 is 2.53 bits per heavy atom. The van der Waals surface area contributed by atoms with Gasteiger partial charge in [-0.3, -0.25) is 0 Å². The van der Waals surface area contributed by atoms with Crippen molar-refractivity contribution in [3.8, 4) is 28.7 Å². The van der Waals surface area contributed by atoms with E-state index in [1.807, 2.05) is 48.5 Å². The van der Waals surface area contributed by atoms with Crippen molar-refractivity contribution in [3.05, 3.63) is 60.3 Å². The molecular weight excluding hydrogens is 430 g/mol. The van der Waals surface area contributed by atoms with Gasteiger partial charge in [0.1, 0.15) is 6.07 Å². The molecule has 1 fully saturated rings. The normalized spacial score (nSPS) is 14.1. The number of aromatic nitrogens is 6. The number of nitrogens with zero attached hydrogens (tertiary/aromatic N) is 8. The summed E-state index contributed by atoms with van der Waals surface area (Å²) in [6, 6.07) is 17.6. The van der Waals surface area contributed by atoms with Gasteiger partial charge in [-0.05, 0) is 65.7 Å². The van der Waals surface area contributed by atoms with Gasteiger partial charge in [0.15, 0.2) is 5.82 Å². The number of tetrazole rings is 1. The summed E-state index contributed by atoms with van der Waals surface area (Å²) >= 11 is 0. The number of aryl methyl sites for hydroxylation is 1. The van der Waals surface area contributed by atoms with Crippen LogP contribution in [0.15, 0.2) is 54.7 Å². The molecule has 0 unspecified atom stereocenters. The molecule has 3 heterocycles. The number of aliphatic hydroxyl groups excluding tert-OH is 1. The van der Waals surface area contributed by atoms with Crippen LogP contribution in [0.3, 0.4) is 0 Å². The first-order chi connectivity index (χ1) is 16.6. The van der Waals surface area contributed by atoms with E-state index >= 15 is 0 Å². The van der Waals surface area contributed by atoms with Crippen LogP contribution >= 0.6 is 0 Å². The van der Waals surface area contributed by atoms with Crippen LogP contribution in [0.4, 0.5) is 17.3 Å². The number of rotatable bonds is 5. The second-order valence-electron chi connectivity index (χ2n) is 8.16. The maximum Gasteiger partial charge on any atom is 0.227 e. The maximum atomic E-state index is 9.77. The lowest BCUT2D eigenvalue weighted by atomic mass is 10.0. The van der Waals surface area contributed by atoms with Crippen LogP contribution < -0.4 is 10.2 Å². The second-order valence-corrected chi connectivity index (χ2v) is 8.16. The molecule has 0 amide bonds. The smallest absolute Gasteiger partial charge is 0.227 e. The van der Waals surface area contributed by atoms with Gasteiger partial charge in [0.2, 0.25) is 5.95 Å². The largest absolute Gasteiger partial charge is 0.393 e. The molecular formula is C24H23N9O. The Morgan fingerprint density at radius 2 is 1.82 bits per heavy atom. The molecule has 10 nitrogen and oxygen atoms in total. The molecule has 34 heavy (non-hydrogen) atoms. The third-order valence-corrected chi connectivity index (χ3v) is 5.89. The lowest BCUT2D eigenvalue weighted by Gasteiger charge is -2.32. The molecule has 1 aliphatic rings. The van der Waals surface area contributed by atoms with Crippen LogP contribution in [0.25, 0.3) is 22.6 Å². The van der Waals surface area contributed by atoms with Crippen LogP contribution in [0.2, 0.25) is 0 Å². The molecule has 0 radical (unpaired) electrons. The predicted molar refractivity (Wildman–Crippen MR) is 127 cm³/mol. The van der Waals surface area contributed by atoms with E-state index in [0.717, 1.165) is 41.3 Å². The minimum absolute atomic E-state index is 0.256. The van der Waals surface area contributed by atoms with E-state index in [-0.39, 0.29) is 6.10 Å². The number of piperidine rings is 1. The third kappa shape index (κ3) is 4.42. The van der Waals surface area contributed by atoms with Gasteiger partial charge in [0, 0.05) is 43.1 Å². The number of aliphatic hydroxyl groups is 1. The summed E-state index contributed by atoms with van der Waals surface area (Å²) in [6.07, 6.45) is 2.86. The number of benzene rings is 2. The first kappa shape index (κ1) is 21.5. The van der Waals surface area contributed by atoms with E-state index in [2.05, 4.69) is 41.8 Å². The fourth-order valence-electron chi connectivity index (χ4n) is 4.05. The number of nitrogens with one attached hydrogen (secondary N) is 1. The Morgan fingerprint density at radius 1 is 1.06 bits per heavy atom. The van der Waals surface area contributed by atoms with Crippen LogP contribution in [-0.4, -0.2) is 54.5 Å². The van der Waals surface area contributed by atoms with Crippen molar-refractivity contribution < 1.29 is 5.11 Å². The van der Waals surface area contributed by atoms with Gasteiger partial charge < -0.3 is 15.3 Å². The summed E-state index contributed by atoms with van der Waals surface area (Å²) in [5.41, 5.74) is 4.78. The van der Waals surface area contributed by atoms with Crippen molar-refractivity contribution in [1.29, 1.82) is 5.26 Å². The van der Waals surface area contributed by atoms with E-state index in [4.69, 9.17) is 0 Å². The highest BCUT2D eigenvalue weighted by atomic mass is 16.3. The second kappa shape index (κ2) is 9.25. The van der Waals surface area contributed by atoms with Gasteiger partial charge in [0.25, 0.3) is 0 Å². The fourth-order valence-corrected chi connectivity index (χ4v) is 4.05. The molecule has 2 aromatic carbocycles. The molecule has 170 valence electrons. The highest BCUT2D eigenvalue weighted by molar-refractivity contribution is 5.71. The summed E-state index contributed by atoms with van der Waals surface area (Å²) in [6.45, 7) is 1.48. The van der Waals surface area contributed by atoms with Crippen molar-refractivity contribution in [1.82, 2.24) is 30.2 Å². The highest BCUT2D eigenvalue weighted by Gasteiger charge is 2.20. The monoisotopic (exact) mass is 453 g/mol. The van der Waals surface area contributed by atoms with Crippen LogP contribution in [0.1, 0.15) is 18.4 Å². The molecule has 10 heteroatoms. The topological polar surface area (TPSA) is 129 Å². The molecule has 0 bridgehead atoms. The van der Waals surface area contributed by atoms with Crippen molar-refractivity contribution in [2.75, 3.05) is 23.3 Å². The molecule has 0 atom stereocenters. The molecule has 0 saturated carbocycles. The standard InChI is InChI=1S/C24H23N9O/c1-32-23(29-30-31-32)16-2-5-19(6-3-16)27-24-26-11-8-21(28-24)17-4-7-22(18(14-17)15-25)33-12-9-20(34)10-13-33/h2-8,11,14,20,34H,9-10,12-13H2,1H3,(H,26,27,28). The summed E-state index contributed by atoms with van der Waals surface area (Å²) in [5, 5.41) is 34.3. The summed E-state index contributed by atoms with van der Waals surface area (Å²) in [7, 11) is 1.79. The van der Waals surface area contributed by atoms with Crippen molar-refractivity contribution in [3.63, 3.8) is 0 Å². The number of anilines is 3. The van der Waals surface area contributed by atoms with Gasteiger partial charge in [0.05, 0.1) is 23.0 Å². The molecule has 1 saturated heterocycles. The van der Waals surface area contributed by atoms with E-state index in [1.54, 1.807) is 17.9 Å². The van der Waals surface area contributed by atoms with E-state index in [0.29, 0.717) is 30.2 Å². The Balaban J connectivity index is 1.35. The summed E-state index contributed by atoms with van der Waals surface area (Å²) < 4.78 is 1.62. The van der Waals surface area contributed by atoms with Gasteiger partial charge in [-0.15, -0.1) is 5.10 Å². The summed E-state index contributed by atoms with van der Waals surface area (Å²) in [5.74, 6) is 1.14. The zero-order valence-corrected chi connectivity index (χ0v) is 18.6. The minimum Gasteiger partial charge on any atom is -0.393 e. The molecule has 0 spiro atoms. The lowest BCUT2D eigenvalue weighted by Crippen LogP contribution is -2.36. The first-order valence-corrected chi connectivity index (χ1v) is 11.0. The van der Waals surface area contributed by atoms with Gasteiger partial charge >= 0.3 is 0 Å². The Labute approximate surface area is 196 Å². The lowest BCUT2D eigenvalue weighted by molar-refractivity contribution is 0.145. The SMILES string of the molecule is Cn1nnnc1-c1ccc(Nc2nccc(-c3ccc(N4CCC(O)CC4)c(C#N)c3)n2)cc1. The Hall–Kier alpha value is -4.36. The quantitative estimate of drug-likeness (QED) is 0.468. The molecule has 2 aromatic heterocycles. The van der Waals surface area contributed by atoms with Crippen molar-refractivity contribution >= 4 is 17.3 Å². The van der Waals surface area contributed by atoms with Gasteiger partial charge in [-0.1, -0.05) is 6.07 Å². The zero-order chi connectivity index (χ0) is 23.5. The molecule has 0 aliphatic carbocycles. The fraction of sp³-hybridized carbons (Fsp3) is 0.250. The third-order valence-electron chi connectivity index (χ3n) is 5.89. The van der Waals surface area contributed by atoms with E-state index in [1.165, 1.54) is 0 Å². The van der Waals surface area contributed by atoms with Crippen LogP contribution in [0, 0.1) is 11.3 Å². The van der Waals surface area contributed by atoms with Gasteiger partial charge in [-0.2, -0.15) is 5.26 Å². The van der Waals surface area contributed by atoms with Crippen LogP contribution in [0.5, 0.6) is 0 Å². The maximum absolute atomic E-state index is 9.77. The van der Waals surface area contributed by atoms with Gasteiger partial charge in [-0.25, -0.2) is 14.6 Å². The summed E-state index contributed by atoms with van der Waals surface area (Å²) in [4.78, 5) is 11.1. The highest BCUT2D eigenvalue weighted by Crippen LogP contribution is 2.29. The predicted octanol–water partition coefficient (Wildman–Crippen LogP) is 2.91. The van der Waals surface area contributed by atoms with Crippen molar-refractivity contribution in [2.45, 2.75) is 18.9 Å². The number of nitriles is 1. The van der Waals surface area contributed by atoms with Crippen LogP contribution in [-0.2, 0) is 7.05 Å². The molecule has 2 N–H and O–H groups in total. The molecule has 1 aliphatic heterocycles. The average molecular weight is 454 g/mol. The Bertz CT molecular complexity index is 1340. The number of hydrogen-bond acceptors (Lipinski definition) is 9. The zero-order valence-electron chi connectivity index (χ0n) is 18.6. The first-order valence-electron chi connectivity index (χ1n) is 11.0. The number of hydrogen-bond donors (Lipinski definition) is 2. The molecule has 5 rings (SSSR count). The van der Waals surface area contributed by atoms with E-state index in [9.17, 15) is 10.4 Å². The Kier molecular flexibility index (Phi) is 5.84.